The predicted molar refractivity (Wildman–Crippen MR) is 70.9 cm³/mol. The standard InChI is InChI=1S/C14H20O5/c1-3-10-17-18-12-5-11-15-13-6-8-14(9-7-13)19-16-4-2/h3,6-9H,1,4-5,10-12H2,2H3. The maximum absolute atomic E-state index is 5.52. The van der Waals surface area contributed by atoms with Gasteiger partial charge >= 0.3 is 0 Å². The van der Waals surface area contributed by atoms with E-state index in [1.54, 1.807) is 18.2 Å². The lowest BCUT2D eigenvalue weighted by atomic mass is 10.3. The molecule has 0 fully saturated rings. The van der Waals surface area contributed by atoms with Gasteiger partial charge in [-0.25, -0.2) is 9.78 Å². The molecule has 0 atom stereocenters. The second kappa shape index (κ2) is 10.4. The van der Waals surface area contributed by atoms with E-state index in [4.69, 9.17) is 24.3 Å². The molecule has 0 aromatic heterocycles. The summed E-state index contributed by atoms with van der Waals surface area (Å²) in [7, 11) is 0. The van der Waals surface area contributed by atoms with E-state index in [2.05, 4.69) is 6.58 Å². The summed E-state index contributed by atoms with van der Waals surface area (Å²) < 4.78 is 5.52. The molecule has 0 heterocycles. The summed E-state index contributed by atoms with van der Waals surface area (Å²) in [5.41, 5.74) is 0. The average molecular weight is 268 g/mol. The van der Waals surface area contributed by atoms with Crippen LogP contribution in [0, 0.1) is 0 Å². The van der Waals surface area contributed by atoms with Crippen LogP contribution in [-0.2, 0) is 14.7 Å². The van der Waals surface area contributed by atoms with Gasteiger partial charge in [0.15, 0.2) is 5.75 Å². The molecule has 1 aromatic carbocycles. The van der Waals surface area contributed by atoms with Crippen molar-refractivity contribution in [2.24, 2.45) is 0 Å². The first kappa shape index (κ1) is 15.5. The molecule has 0 bridgehead atoms. The fraction of sp³-hybridized carbons (Fsp3) is 0.429. The van der Waals surface area contributed by atoms with Gasteiger partial charge in [0.1, 0.15) is 12.4 Å². The molecule has 0 spiro atoms. The van der Waals surface area contributed by atoms with Crippen LogP contribution in [0.5, 0.6) is 11.5 Å². The van der Waals surface area contributed by atoms with Crippen LogP contribution in [0.25, 0.3) is 0 Å². The van der Waals surface area contributed by atoms with Crippen molar-refractivity contribution in [3.63, 3.8) is 0 Å². The van der Waals surface area contributed by atoms with Crippen molar-refractivity contribution in [2.45, 2.75) is 13.3 Å². The number of rotatable bonds is 11. The molecule has 19 heavy (non-hydrogen) atoms. The third-order valence-corrected chi connectivity index (χ3v) is 2.01. The second-order valence-electron chi connectivity index (χ2n) is 3.56. The van der Waals surface area contributed by atoms with Gasteiger partial charge in [0.05, 0.1) is 19.8 Å². The summed E-state index contributed by atoms with van der Waals surface area (Å²) in [4.78, 5) is 19.5. The zero-order valence-electron chi connectivity index (χ0n) is 11.2. The summed E-state index contributed by atoms with van der Waals surface area (Å²) in [5, 5.41) is 0. The molecule has 0 radical (unpaired) electrons. The maximum atomic E-state index is 5.52. The van der Waals surface area contributed by atoms with E-state index < -0.39 is 0 Å². The molecule has 0 saturated heterocycles. The largest absolute Gasteiger partial charge is 0.494 e. The number of ether oxygens (including phenoxy) is 1. The van der Waals surface area contributed by atoms with Crippen molar-refractivity contribution in [2.75, 3.05) is 26.4 Å². The molecule has 0 amide bonds. The highest BCUT2D eigenvalue weighted by atomic mass is 17.2. The fourth-order valence-corrected chi connectivity index (χ4v) is 1.18. The van der Waals surface area contributed by atoms with E-state index in [-0.39, 0.29) is 0 Å². The van der Waals surface area contributed by atoms with Crippen molar-refractivity contribution in [3.8, 4) is 11.5 Å². The Hall–Kier alpha value is -1.56. The minimum atomic E-state index is 0.391. The van der Waals surface area contributed by atoms with E-state index in [1.807, 2.05) is 19.1 Å². The van der Waals surface area contributed by atoms with Crippen molar-refractivity contribution in [1.82, 2.24) is 0 Å². The van der Waals surface area contributed by atoms with Gasteiger partial charge < -0.3 is 9.62 Å². The third kappa shape index (κ3) is 7.46. The van der Waals surface area contributed by atoms with Crippen LogP contribution in [0.4, 0.5) is 0 Å². The van der Waals surface area contributed by atoms with E-state index in [9.17, 15) is 0 Å². The molecule has 0 aliphatic heterocycles. The lowest BCUT2D eigenvalue weighted by molar-refractivity contribution is -0.287. The molecule has 1 aromatic rings. The van der Waals surface area contributed by atoms with Crippen LogP contribution >= 0.6 is 0 Å². The van der Waals surface area contributed by atoms with Crippen LogP contribution in [0.15, 0.2) is 36.9 Å². The molecule has 1 rings (SSSR count). The topological polar surface area (TPSA) is 46.2 Å². The highest BCUT2D eigenvalue weighted by Gasteiger charge is 1.97. The quantitative estimate of drug-likeness (QED) is 0.267. The SMILES string of the molecule is C=CCOOCCCOc1ccc(OOCC)cc1. The lowest BCUT2D eigenvalue weighted by Gasteiger charge is -2.07. The van der Waals surface area contributed by atoms with Gasteiger partial charge in [-0.15, -0.1) is 6.58 Å². The third-order valence-electron chi connectivity index (χ3n) is 2.01. The average Bonchev–Trinajstić information content (AvgIpc) is 2.45. The monoisotopic (exact) mass is 268 g/mol. The van der Waals surface area contributed by atoms with E-state index >= 15 is 0 Å². The van der Waals surface area contributed by atoms with Crippen molar-refractivity contribution in [3.05, 3.63) is 36.9 Å². The zero-order chi connectivity index (χ0) is 13.8. The second-order valence-corrected chi connectivity index (χ2v) is 3.56. The summed E-state index contributed by atoms with van der Waals surface area (Å²) in [5.74, 6) is 1.42. The predicted octanol–water partition coefficient (Wildman–Crippen LogP) is 2.92. The molecule has 106 valence electrons. The number of hydrogen-bond acceptors (Lipinski definition) is 5. The normalized spacial score (nSPS) is 10.2. The molecule has 0 aliphatic carbocycles. The Balaban J connectivity index is 2.10. The van der Waals surface area contributed by atoms with Gasteiger partial charge in [0, 0.05) is 6.42 Å². The van der Waals surface area contributed by atoms with E-state index in [0.29, 0.717) is 32.2 Å². The molecule has 5 heteroatoms. The van der Waals surface area contributed by atoms with Crippen LogP contribution in [-0.4, -0.2) is 26.4 Å². The van der Waals surface area contributed by atoms with Crippen molar-refractivity contribution >= 4 is 0 Å². The van der Waals surface area contributed by atoms with Crippen molar-refractivity contribution < 1.29 is 24.3 Å². The number of benzene rings is 1. The molecular weight excluding hydrogens is 248 g/mol. The van der Waals surface area contributed by atoms with Gasteiger partial charge in [-0.05, 0) is 31.2 Å². The summed E-state index contributed by atoms with van der Waals surface area (Å²) >= 11 is 0. The highest BCUT2D eigenvalue weighted by molar-refractivity contribution is 5.30. The minimum Gasteiger partial charge on any atom is -0.494 e. The molecule has 5 nitrogen and oxygen atoms in total. The van der Waals surface area contributed by atoms with Crippen LogP contribution < -0.4 is 9.62 Å². The van der Waals surface area contributed by atoms with Crippen molar-refractivity contribution in [1.29, 1.82) is 0 Å². The van der Waals surface area contributed by atoms with Crippen LogP contribution in [0.2, 0.25) is 0 Å². The Morgan fingerprint density at radius 1 is 1.00 bits per heavy atom. The molecule has 0 unspecified atom stereocenters. The van der Waals surface area contributed by atoms with Gasteiger partial charge in [0.25, 0.3) is 0 Å². The van der Waals surface area contributed by atoms with E-state index in [1.165, 1.54) is 0 Å². The molecule has 0 aliphatic rings. The summed E-state index contributed by atoms with van der Waals surface area (Å²) in [6.45, 7) is 7.31. The zero-order valence-corrected chi connectivity index (χ0v) is 11.2. The smallest absolute Gasteiger partial charge is 0.165 e. The van der Waals surface area contributed by atoms with Crippen LogP contribution in [0.3, 0.4) is 0 Å². The molecule has 0 saturated carbocycles. The van der Waals surface area contributed by atoms with E-state index in [0.717, 1.165) is 12.2 Å². The summed E-state index contributed by atoms with van der Waals surface area (Å²) in [6, 6.07) is 7.22. The first-order chi connectivity index (χ1) is 9.36. The Bertz CT molecular complexity index is 336. The Morgan fingerprint density at radius 3 is 2.42 bits per heavy atom. The molecular formula is C14H20O5. The Morgan fingerprint density at radius 2 is 1.74 bits per heavy atom. The molecule has 0 N–H and O–H groups in total. The van der Waals surface area contributed by atoms with Gasteiger partial charge in [-0.2, -0.15) is 4.89 Å². The summed E-state index contributed by atoms with van der Waals surface area (Å²) in [6.07, 6.45) is 2.37. The van der Waals surface area contributed by atoms with Gasteiger partial charge in [-0.3, -0.25) is 0 Å². The fourth-order valence-electron chi connectivity index (χ4n) is 1.18. The maximum Gasteiger partial charge on any atom is 0.165 e. The Labute approximate surface area is 113 Å². The number of hydrogen-bond donors (Lipinski definition) is 0. The lowest BCUT2D eigenvalue weighted by Crippen LogP contribution is -2.04. The first-order valence-electron chi connectivity index (χ1n) is 6.24. The van der Waals surface area contributed by atoms with Gasteiger partial charge in [0.2, 0.25) is 0 Å². The van der Waals surface area contributed by atoms with Crippen LogP contribution in [0.1, 0.15) is 13.3 Å². The van der Waals surface area contributed by atoms with Gasteiger partial charge in [-0.1, -0.05) is 6.08 Å². The highest BCUT2D eigenvalue weighted by Crippen LogP contribution is 2.17. The Kier molecular flexibility index (Phi) is 8.46. The first-order valence-corrected chi connectivity index (χ1v) is 6.24. The minimum absolute atomic E-state index is 0.391.